The first-order valence-electron chi connectivity index (χ1n) is 7.07. The van der Waals surface area contributed by atoms with E-state index in [0.29, 0.717) is 5.56 Å². The van der Waals surface area contributed by atoms with Gasteiger partial charge < -0.3 is 16.4 Å². The maximum Gasteiger partial charge on any atom is 0.416 e. The van der Waals surface area contributed by atoms with Crippen LogP contribution in [0.15, 0.2) is 24.3 Å². The minimum Gasteiger partial charge on any atom is -0.350 e. The van der Waals surface area contributed by atoms with Gasteiger partial charge in [0.05, 0.1) is 18.2 Å². The van der Waals surface area contributed by atoms with Gasteiger partial charge in [0.25, 0.3) is 0 Å². The zero-order chi connectivity index (χ0) is 17.6. The fourth-order valence-corrected chi connectivity index (χ4v) is 1.71. The number of nitrogens with two attached hydrogens (primary N) is 1. The molecular weight excluding hydrogens is 311 g/mol. The molecule has 0 radical (unpaired) electrons. The zero-order valence-electron chi connectivity index (χ0n) is 12.9. The molecule has 5 nitrogen and oxygen atoms in total. The first-order valence-corrected chi connectivity index (χ1v) is 7.07. The summed E-state index contributed by atoms with van der Waals surface area (Å²) >= 11 is 0. The van der Waals surface area contributed by atoms with Crippen molar-refractivity contribution in [3.05, 3.63) is 35.4 Å². The fraction of sp³-hybridized carbons (Fsp3) is 0.467. The lowest BCUT2D eigenvalue weighted by Gasteiger charge is -2.15. The minimum absolute atomic E-state index is 0.0607. The third-order valence-corrected chi connectivity index (χ3v) is 3.19. The zero-order valence-corrected chi connectivity index (χ0v) is 12.9. The standard InChI is InChI=1S/C15H20F3N3O2/c1-9(2)13(19)14(23)21-8-12(22)20-7-10-4-3-5-11(6-10)15(16,17)18/h3-6,9,13H,7-8,19H2,1-2H3,(H,20,22)(H,21,23)/t13-/m0/s1. The summed E-state index contributed by atoms with van der Waals surface area (Å²) in [7, 11) is 0. The molecule has 1 atom stereocenters. The van der Waals surface area contributed by atoms with Gasteiger partial charge in [0.2, 0.25) is 11.8 Å². The van der Waals surface area contributed by atoms with Crippen LogP contribution < -0.4 is 16.4 Å². The second-order valence-corrected chi connectivity index (χ2v) is 5.46. The Hall–Kier alpha value is -2.09. The highest BCUT2D eigenvalue weighted by atomic mass is 19.4. The Labute approximate surface area is 132 Å². The molecule has 0 saturated heterocycles. The molecule has 1 aromatic rings. The van der Waals surface area contributed by atoms with Crippen LogP contribution in [-0.4, -0.2) is 24.4 Å². The lowest BCUT2D eigenvalue weighted by atomic mass is 10.1. The van der Waals surface area contributed by atoms with Crippen molar-refractivity contribution in [3.8, 4) is 0 Å². The van der Waals surface area contributed by atoms with Gasteiger partial charge in [-0.25, -0.2) is 0 Å². The predicted molar refractivity (Wildman–Crippen MR) is 79.1 cm³/mol. The molecule has 0 aromatic heterocycles. The van der Waals surface area contributed by atoms with Gasteiger partial charge in [-0.05, 0) is 23.6 Å². The Kier molecular flexibility index (Phi) is 6.56. The number of hydrogen-bond acceptors (Lipinski definition) is 3. The molecule has 0 aliphatic rings. The average Bonchev–Trinajstić information content (AvgIpc) is 2.49. The maximum atomic E-state index is 12.6. The van der Waals surface area contributed by atoms with Crippen LogP contribution in [0.1, 0.15) is 25.0 Å². The summed E-state index contributed by atoms with van der Waals surface area (Å²) in [6, 6.07) is 3.95. The third kappa shape index (κ3) is 6.27. The van der Waals surface area contributed by atoms with Crippen LogP contribution in [0, 0.1) is 5.92 Å². The van der Waals surface area contributed by atoms with Crippen molar-refractivity contribution in [3.63, 3.8) is 0 Å². The van der Waals surface area contributed by atoms with Crippen molar-refractivity contribution in [2.75, 3.05) is 6.54 Å². The van der Waals surface area contributed by atoms with E-state index in [1.165, 1.54) is 12.1 Å². The van der Waals surface area contributed by atoms with E-state index in [1.54, 1.807) is 13.8 Å². The lowest BCUT2D eigenvalue weighted by molar-refractivity contribution is -0.137. The van der Waals surface area contributed by atoms with Gasteiger partial charge in [-0.15, -0.1) is 0 Å². The van der Waals surface area contributed by atoms with Gasteiger partial charge >= 0.3 is 6.18 Å². The van der Waals surface area contributed by atoms with E-state index in [9.17, 15) is 22.8 Å². The Morgan fingerprint density at radius 3 is 2.43 bits per heavy atom. The summed E-state index contributed by atoms with van der Waals surface area (Å²) in [5.41, 5.74) is 5.16. The van der Waals surface area contributed by atoms with Crippen molar-refractivity contribution in [2.24, 2.45) is 11.7 Å². The van der Waals surface area contributed by atoms with Crippen LogP contribution in [0.2, 0.25) is 0 Å². The molecule has 2 amide bonds. The molecule has 0 bridgehead atoms. The second-order valence-electron chi connectivity index (χ2n) is 5.46. The number of halogens is 3. The fourth-order valence-electron chi connectivity index (χ4n) is 1.71. The summed E-state index contributed by atoms with van der Waals surface area (Å²) in [6.07, 6.45) is -4.43. The summed E-state index contributed by atoms with van der Waals surface area (Å²) in [5.74, 6) is -1.02. The molecule has 8 heteroatoms. The molecule has 4 N–H and O–H groups in total. The Balaban J connectivity index is 2.47. The molecule has 0 unspecified atom stereocenters. The number of rotatable bonds is 6. The monoisotopic (exact) mass is 331 g/mol. The average molecular weight is 331 g/mol. The molecular formula is C15H20F3N3O2. The van der Waals surface area contributed by atoms with Crippen LogP contribution in [0.25, 0.3) is 0 Å². The van der Waals surface area contributed by atoms with Crippen LogP contribution in [0.4, 0.5) is 13.2 Å². The highest BCUT2D eigenvalue weighted by Gasteiger charge is 2.30. The van der Waals surface area contributed by atoms with Gasteiger partial charge in [0, 0.05) is 6.54 Å². The molecule has 0 saturated carbocycles. The van der Waals surface area contributed by atoms with E-state index in [-0.39, 0.29) is 19.0 Å². The van der Waals surface area contributed by atoms with Crippen molar-refractivity contribution in [1.82, 2.24) is 10.6 Å². The number of carbonyl (C=O) groups is 2. The summed E-state index contributed by atoms with van der Waals surface area (Å²) in [6.45, 7) is 3.21. The lowest BCUT2D eigenvalue weighted by Crippen LogP contribution is -2.47. The van der Waals surface area contributed by atoms with E-state index in [0.717, 1.165) is 12.1 Å². The van der Waals surface area contributed by atoms with Crippen LogP contribution in [-0.2, 0) is 22.3 Å². The van der Waals surface area contributed by atoms with E-state index in [2.05, 4.69) is 10.6 Å². The Morgan fingerprint density at radius 2 is 1.87 bits per heavy atom. The van der Waals surface area contributed by atoms with Crippen molar-refractivity contribution in [1.29, 1.82) is 0 Å². The Morgan fingerprint density at radius 1 is 1.22 bits per heavy atom. The van der Waals surface area contributed by atoms with Crippen molar-refractivity contribution >= 4 is 11.8 Å². The smallest absolute Gasteiger partial charge is 0.350 e. The van der Waals surface area contributed by atoms with Crippen LogP contribution in [0.3, 0.4) is 0 Å². The van der Waals surface area contributed by atoms with Crippen LogP contribution in [0.5, 0.6) is 0 Å². The number of carbonyl (C=O) groups excluding carboxylic acids is 2. The normalized spacial score (nSPS) is 12.8. The van der Waals surface area contributed by atoms with E-state index in [1.807, 2.05) is 0 Å². The summed E-state index contributed by atoms with van der Waals surface area (Å²) in [4.78, 5) is 23.2. The van der Waals surface area contributed by atoms with Crippen molar-refractivity contribution in [2.45, 2.75) is 32.6 Å². The van der Waals surface area contributed by atoms with E-state index < -0.39 is 29.6 Å². The van der Waals surface area contributed by atoms with Gasteiger partial charge in [0.15, 0.2) is 0 Å². The second kappa shape index (κ2) is 7.96. The first-order chi connectivity index (χ1) is 10.6. The number of alkyl halides is 3. The molecule has 128 valence electrons. The topological polar surface area (TPSA) is 84.2 Å². The molecule has 0 heterocycles. The molecule has 0 fully saturated rings. The van der Waals surface area contributed by atoms with E-state index >= 15 is 0 Å². The molecule has 0 aliphatic carbocycles. The highest BCUT2D eigenvalue weighted by molar-refractivity contribution is 5.87. The maximum absolute atomic E-state index is 12.6. The van der Waals surface area contributed by atoms with Crippen LogP contribution >= 0.6 is 0 Å². The van der Waals surface area contributed by atoms with Gasteiger partial charge in [-0.1, -0.05) is 26.0 Å². The predicted octanol–water partition coefficient (Wildman–Crippen LogP) is 1.42. The molecule has 23 heavy (non-hydrogen) atoms. The number of benzene rings is 1. The third-order valence-electron chi connectivity index (χ3n) is 3.19. The van der Waals surface area contributed by atoms with Crippen molar-refractivity contribution < 1.29 is 22.8 Å². The van der Waals surface area contributed by atoms with Gasteiger partial charge in [0.1, 0.15) is 0 Å². The summed E-state index contributed by atoms with van der Waals surface area (Å²) in [5, 5.41) is 4.82. The molecule has 0 spiro atoms. The number of nitrogens with one attached hydrogen (secondary N) is 2. The number of amides is 2. The Bertz CT molecular complexity index is 559. The molecule has 1 rings (SSSR count). The summed E-state index contributed by atoms with van der Waals surface area (Å²) < 4.78 is 37.7. The van der Waals surface area contributed by atoms with Gasteiger partial charge in [-0.2, -0.15) is 13.2 Å². The highest BCUT2D eigenvalue weighted by Crippen LogP contribution is 2.29. The largest absolute Gasteiger partial charge is 0.416 e. The first kappa shape index (κ1) is 19.0. The van der Waals surface area contributed by atoms with E-state index in [4.69, 9.17) is 5.73 Å². The molecule has 1 aromatic carbocycles. The quantitative estimate of drug-likeness (QED) is 0.737. The minimum atomic E-state index is -4.43. The number of hydrogen-bond donors (Lipinski definition) is 3. The SMILES string of the molecule is CC(C)[C@H](N)C(=O)NCC(=O)NCc1cccc(C(F)(F)F)c1. The molecule has 0 aliphatic heterocycles. The van der Waals surface area contributed by atoms with Gasteiger partial charge in [-0.3, -0.25) is 9.59 Å².